The number of carboxylic acid groups (broad SMARTS) is 2. The zero-order valence-electron chi connectivity index (χ0n) is 19.8. The number of benzene rings is 1. The number of unbranched alkanes of at least 4 members (excludes halogenated alkanes) is 7. The molecule has 0 spiro atoms. The summed E-state index contributed by atoms with van der Waals surface area (Å²) >= 11 is 0. The number of halogens is 2. The summed E-state index contributed by atoms with van der Waals surface area (Å²) < 4.78 is 29.0. The van der Waals surface area contributed by atoms with E-state index in [0.29, 0.717) is 43.4 Å². The maximum atomic E-state index is 14.5. The third-order valence-corrected chi connectivity index (χ3v) is 7.03. The van der Waals surface area contributed by atoms with E-state index in [-0.39, 0.29) is 18.9 Å². The highest BCUT2D eigenvalue weighted by molar-refractivity contribution is 5.98. The molecule has 3 N–H and O–H groups in total. The molecule has 0 aromatic heterocycles. The van der Waals surface area contributed by atoms with E-state index in [0.717, 1.165) is 19.3 Å². The van der Waals surface area contributed by atoms with Gasteiger partial charge in [-0.25, -0.2) is 8.78 Å². The molecule has 1 aliphatic carbocycles. The van der Waals surface area contributed by atoms with Gasteiger partial charge in [-0.05, 0) is 62.6 Å². The van der Waals surface area contributed by atoms with Crippen molar-refractivity contribution in [2.45, 2.75) is 103 Å². The number of aryl methyl sites for hydroxylation is 1. The number of carbonyl (C=O) groups is 2. The van der Waals surface area contributed by atoms with Crippen LogP contribution in [0.15, 0.2) is 12.1 Å². The summed E-state index contributed by atoms with van der Waals surface area (Å²) in [6, 6.07) is 3.32. The molecule has 0 aliphatic heterocycles. The first-order valence-electron chi connectivity index (χ1n) is 12.5. The van der Waals surface area contributed by atoms with Crippen LogP contribution in [0.5, 0.6) is 0 Å². The Morgan fingerprint density at radius 1 is 0.879 bits per heavy atom. The van der Waals surface area contributed by atoms with Gasteiger partial charge < -0.3 is 15.5 Å². The van der Waals surface area contributed by atoms with Gasteiger partial charge in [0.25, 0.3) is 0 Å². The molecule has 0 atom stereocenters. The zero-order chi connectivity index (χ0) is 24.3. The van der Waals surface area contributed by atoms with Crippen LogP contribution in [0.25, 0.3) is 0 Å². The molecule has 1 aromatic carbocycles. The van der Waals surface area contributed by atoms with Crippen molar-refractivity contribution in [3.05, 3.63) is 34.9 Å². The fourth-order valence-electron chi connectivity index (χ4n) is 4.71. The lowest BCUT2D eigenvalue weighted by Gasteiger charge is -2.33. The minimum absolute atomic E-state index is 0.0222. The van der Waals surface area contributed by atoms with Gasteiger partial charge in [-0.3, -0.25) is 9.59 Å². The van der Waals surface area contributed by atoms with Gasteiger partial charge in [-0.1, -0.05) is 64.0 Å². The molecule has 186 valence electrons. The average molecular weight is 468 g/mol. The van der Waals surface area contributed by atoms with Crippen molar-refractivity contribution in [2.24, 2.45) is 5.41 Å². The van der Waals surface area contributed by atoms with E-state index in [4.69, 9.17) is 0 Å². The maximum Gasteiger partial charge on any atom is 0.321 e. The molecule has 5 nitrogen and oxygen atoms in total. The zero-order valence-corrected chi connectivity index (χ0v) is 19.8. The SMILES string of the molecule is CCCCCCCCCCc1ccc(CCNC2CCC(C(=O)O)(C(=O)O)CC2)c(F)c1F. The molecule has 1 aliphatic rings. The van der Waals surface area contributed by atoms with E-state index in [2.05, 4.69) is 12.2 Å². The predicted octanol–water partition coefficient (Wildman–Crippen LogP) is 5.88. The van der Waals surface area contributed by atoms with Gasteiger partial charge in [0.1, 0.15) is 0 Å². The summed E-state index contributed by atoms with van der Waals surface area (Å²) in [5.41, 5.74) is -0.958. The highest BCUT2D eigenvalue weighted by Crippen LogP contribution is 2.37. The first kappa shape index (κ1) is 27.2. The number of nitrogens with one attached hydrogen (secondary N) is 1. The number of hydrogen-bond acceptors (Lipinski definition) is 3. The van der Waals surface area contributed by atoms with Gasteiger partial charge in [0.05, 0.1) is 0 Å². The van der Waals surface area contributed by atoms with E-state index in [1.165, 1.54) is 32.1 Å². The Balaban J connectivity index is 1.73. The maximum absolute atomic E-state index is 14.5. The average Bonchev–Trinajstić information content (AvgIpc) is 2.79. The highest BCUT2D eigenvalue weighted by atomic mass is 19.2. The number of hydrogen-bond donors (Lipinski definition) is 3. The summed E-state index contributed by atoms with van der Waals surface area (Å²) in [5.74, 6) is -4.12. The number of carboxylic acids is 2. The Hall–Kier alpha value is -2.02. The van der Waals surface area contributed by atoms with Crippen LogP contribution >= 0.6 is 0 Å². The fraction of sp³-hybridized carbons (Fsp3) is 0.692. The van der Waals surface area contributed by atoms with E-state index < -0.39 is 29.0 Å². The van der Waals surface area contributed by atoms with Crippen molar-refractivity contribution in [2.75, 3.05) is 6.54 Å². The molecule has 1 fully saturated rings. The molecule has 0 unspecified atom stereocenters. The van der Waals surface area contributed by atoms with Gasteiger partial charge in [-0.2, -0.15) is 0 Å². The van der Waals surface area contributed by atoms with Gasteiger partial charge >= 0.3 is 11.9 Å². The lowest BCUT2D eigenvalue weighted by Crippen LogP contribution is -2.46. The van der Waals surface area contributed by atoms with Crippen molar-refractivity contribution in [1.29, 1.82) is 0 Å². The van der Waals surface area contributed by atoms with Crippen LogP contribution in [0.4, 0.5) is 8.78 Å². The summed E-state index contributed by atoms with van der Waals surface area (Å²) in [7, 11) is 0. The second-order valence-electron chi connectivity index (χ2n) is 9.41. The van der Waals surface area contributed by atoms with Gasteiger partial charge in [0, 0.05) is 6.04 Å². The second kappa shape index (κ2) is 13.6. The Labute approximate surface area is 196 Å². The van der Waals surface area contributed by atoms with Crippen molar-refractivity contribution in [1.82, 2.24) is 5.32 Å². The summed E-state index contributed by atoms with van der Waals surface area (Å²) in [5, 5.41) is 21.8. The molecule has 0 radical (unpaired) electrons. The highest BCUT2D eigenvalue weighted by Gasteiger charge is 2.48. The van der Waals surface area contributed by atoms with Crippen molar-refractivity contribution in [3.63, 3.8) is 0 Å². The van der Waals surface area contributed by atoms with Gasteiger partial charge in [-0.15, -0.1) is 0 Å². The van der Waals surface area contributed by atoms with Crippen LogP contribution in [0.2, 0.25) is 0 Å². The molecule has 7 heteroatoms. The standard InChI is InChI=1S/C26H39F2NO4/c1-2-3-4-5-6-7-8-9-10-19-11-12-20(23(28)22(19)27)15-18-29-21-13-16-26(17-14-21,24(30)31)25(32)33/h11-12,21,29H,2-10,13-18H2,1H3,(H,30,31)(H,32,33). The van der Waals surface area contributed by atoms with E-state index in [1.807, 2.05) is 0 Å². The van der Waals surface area contributed by atoms with Crippen LogP contribution in [-0.2, 0) is 22.4 Å². The minimum Gasteiger partial charge on any atom is -0.480 e. The molecule has 0 bridgehead atoms. The molecule has 0 amide bonds. The summed E-state index contributed by atoms with van der Waals surface area (Å²) in [4.78, 5) is 22.8. The van der Waals surface area contributed by atoms with Crippen molar-refractivity contribution < 1.29 is 28.6 Å². The Kier molecular flexibility index (Phi) is 11.2. The quantitative estimate of drug-likeness (QED) is 0.222. The first-order valence-corrected chi connectivity index (χ1v) is 12.5. The lowest BCUT2D eigenvalue weighted by atomic mass is 9.72. The second-order valence-corrected chi connectivity index (χ2v) is 9.41. The Morgan fingerprint density at radius 2 is 1.36 bits per heavy atom. The summed E-state index contributed by atoms with van der Waals surface area (Å²) in [6.07, 6.45) is 11.1. The molecule has 0 saturated heterocycles. The van der Waals surface area contributed by atoms with Gasteiger partial charge in [0.15, 0.2) is 17.0 Å². The van der Waals surface area contributed by atoms with Gasteiger partial charge in [0.2, 0.25) is 0 Å². The monoisotopic (exact) mass is 467 g/mol. The number of aliphatic carboxylic acids is 2. The van der Waals surface area contributed by atoms with Crippen LogP contribution < -0.4 is 5.32 Å². The lowest BCUT2D eigenvalue weighted by molar-refractivity contribution is -0.167. The molecular weight excluding hydrogens is 428 g/mol. The van der Waals surface area contributed by atoms with Crippen LogP contribution in [-0.4, -0.2) is 34.7 Å². The third kappa shape index (κ3) is 7.76. The van der Waals surface area contributed by atoms with Crippen LogP contribution in [0.3, 0.4) is 0 Å². The van der Waals surface area contributed by atoms with Crippen LogP contribution in [0, 0.1) is 17.0 Å². The first-order chi connectivity index (χ1) is 15.8. The van der Waals surface area contributed by atoms with Crippen molar-refractivity contribution >= 4 is 11.9 Å². The molecular formula is C26H39F2NO4. The molecule has 1 aromatic rings. The van der Waals surface area contributed by atoms with Crippen LogP contribution in [0.1, 0.15) is 95.1 Å². The smallest absolute Gasteiger partial charge is 0.321 e. The molecule has 1 saturated carbocycles. The number of rotatable bonds is 15. The Morgan fingerprint density at radius 3 is 1.88 bits per heavy atom. The summed E-state index contributed by atoms with van der Waals surface area (Å²) in [6.45, 7) is 2.62. The fourth-order valence-corrected chi connectivity index (χ4v) is 4.71. The van der Waals surface area contributed by atoms with E-state index in [9.17, 15) is 28.6 Å². The largest absolute Gasteiger partial charge is 0.480 e. The van der Waals surface area contributed by atoms with Crippen molar-refractivity contribution in [3.8, 4) is 0 Å². The minimum atomic E-state index is -1.71. The van der Waals surface area contributed by atoms with E-state index >= 15 is 0 Å². The predicted molar refractivity (Wildman–Crippen MR) is 124 cm³/mol. The third-order valence-electron chi connectivity index (χ3n) is 7.03. The molecule has 33 heavy (non-hydrogen) atoms. The molecule has 0 heterocycles. The van der Waals surface area contributed by atoms with E-state index in [1.54, 1.807) is 12.1 Å². The topological polar surface area (TPSA) is 86.6 Å². The Bertz CT molecular complexity index is 760. The molecule has 2 rings (SSSR count). The normalized spacial score (nSPS) is 16.1.